The molecule has 0 aromatic rings. The number of carbonyl (C=O) groups is 1. The van der Waals surface area contributed by atoms with Crippen LogP contribution < -0.4 is 5.73 Å². The lowest BCUT2D eigenvalue weighted by atomic mass is 9.72. The highest BCUT2D eigenvalue weighted by molar-refractivity contribution is 5.67. The molecule has 3 heteroatoms. The Balaban J connectivity index is 4.57. The molecule has 0 rings (SSSR count). The van der Waals surface area contributed by atoms with Crippen LogP contribution in [0.4, 0.5) is 0 Å². The first kappa shape index (κ1) is 12.4. The number of hydrogen-bond donors (Lipinski definition) is 2. The molecule has 3 N–H and O–H groups in total. The van der Waals surface area contributed by atoms with E-state index < -0.39 is 5.97 Å². The van der Waals surface area contributed by atoms with Crippen molar-refractivity contribution in [3.63, 3.8) is 0 Å². The number of carboxylic acid groups (broad SMARTS) is 1. The predicted octanol–water partition coefficient (Wildman–Crippen LogP) is 2.00. The van der Waals surface area contributed by atoms with Crippen molar-refractivity contribution in [2.45, 2.75) is 52.5 Å². The number of aliphatic carboxylic acids is 1. The third-order valence-corrected chi connectivity index (χ3v) is 3.14. The highest BCUT2D eigenvalue weighted by Gasteiger charge is 2.34. The van der Waals surface area contributed by atoms with E-state index in [1.54, 1.807) is 0 Å². The van der Waals surface area contributed by atoms with Crippen molar-refractivity contribution < 1.29 is 9.90 Å². The van der Waals surface area contributed by atoms with E-state index in [0.717, 1.165) is 19.3 Å². The molecule has 0 aromatic carbocycles. The minimum absolute atomic E-state index is 0.00130. The summed E-state index contributed by atoms with van der Waals surface area (Å²) in [6.45, 7) is 6.04. The molecule has 3 nitrogen and oxygen atoms in total. The zero-order chi connectivity index (χ0) is 10.5. The van der Waals surface area contributed by atoms with Crippen LogP contribution in [0.5, 0.6) is 0 Å². The van der Waals surface area contributed by atoms with Gasteiger partial charge in [0.15, 0.2) is 0 Å². The van der Waals surface area contributed by atoms with Crippen LogP contribution >= 0.6 is 0 Å². The molecule has 0 saturated heterocycles. The van der Waals surface area contributed by atoms with E-state index in [0.29, 0.717) is 0 Å². The lowest BCUT2D eigenvalue weighted by Crippen LogP contribution is -2.42. The molecule has 0 radical (unpaired) electrons. The quantitative estimate of drug-likeness (QED) is 0.668. The van der Waals surface area contributed by atoms with Gasteiger partial charge >= 0.3 is 5.97 Å². The molecule has 13 heavy (non-hydrogen) atoms. The Hall–Kier alpha value is -0.570. The third-order valence-electron chi connectivity index (χ3n) is 3.14. The summed E-state index contributed by atoms with van der Waals surface area (Å²) < 4.78 is 0. The van der Waals surface area contributed by atoms with Crippen LogP contribution in [-0.2, 0) is 4.79 Å². The molecule has 1 unspecified atom stereocenters. The fraction of sp³-hybridized carbons (Fsp3) is 0.900. The van der Waals surface area contributed by atoms with Crippen LogP contribution in [0.25, 0.3) is 0 Å². The molecule has 1 atom stereocenters. The van der Waals surface area contributed by atoms with E-state index in [1.807, 2.05) is 20.8 Å². The van der Waals surface area contributed by atoms with Gasteiger partial charge in [-0.3, -0.25) is 4.79 Å². The van der Waals surface area contributed by atoms with Gasteiger partial charge in [0.25, 0.3) is 0 Å². The van der Waals surface area contributed by atoms with Crippen LogP contribution in [-0.4, -0.2) is 17.1 Å². The Labute approximate surface area is 80.3 Å². The second-order valence-corrected chi connectivity index (χ2v) is 3.65. The van der Waals surface area contributed by atoms with Crippen molar-refractivity contribution in [1.29, 1.82) is 0 Å². The first-order valence-corrected chi connectivity index (χ1v) is 4.99. The summed E-state index contributed by atoms with van der Waals surface area (Å²) in [5.74, 6) is -0.743. The zero-order valence-electron chi connectivity index (χ0n) is 8.84. The van der Waals surface area contributed by atoms with E-state index in [9.17, 15) is 4.79 Å². The van der Waals surface area contributed by atoms with Gasteiger partial charge in [0, 0.05) is 6.04 Å². The summed E-state index contributed by atoms with van der Waals surface area (Å²) in [5, 5.41) is 8.80. The van der Waals surface area contributed by atoms with Gasteiger partial charge in [0.1, 0.15) is 0 Å². The molecule has 0 aromatic heterocycles. The van der Waals surface area contributed by atoms with Crippen molar-refractivity contribution in [2.24, 2.45) is 11.1 Å². The van der Waals surface area contributed by atoms with E-state index >= 15 is 0 Å². The predicted molar refractivity (Wildman–Crippen MR) is 53.5 cm³/mol. The Bertz CT molecular complexity index is 164. The minimum atomic E-state index is -0.743. The molecular formula is C10H21NO2. The average molecular weight is 187 g/mol. The minimum Gasteiger partial charge on any atom is -0.481 e. The number of nitrogens with two attached hydrogens (primary N) is 1. The fourth-order valence-electron chi connectivity index (χ4n) is 1.89. The molecule has 0 aliphatic carbocycles. The smallest absolute Gasteiger partial charge is 0.303 e. The van der Waals surface area contributed by atoms with E-state index in [1.165, 1.54) is 0 Å². The van der Waals surface area contributed by atoms with E-state index in [-0.39, 0.29) is 17.9 Å². The monoisotopic (exact) mass is 187 g/mol. The van der Waals surface area contributed by atoms with Gasteiger partial charge in [-0.05, 0) is 24.7 Å². The van der Waals surface area contributed by atoms with Gasteiger partial charge in [0.2, 0.25) is 0 Å². The normalized spacial score (nSPS) is 14.2. The molecule has 78 valence electrons. The fourth-order valence-corrected chi connectivity index (χ4v) is 1.89. The van der Waals surface area contributed by atoms with Crippen molar-refractivity contribution in [1.82, 2.24) is 0 Å². The SMILES string of the molecule is CCC(N)C(CC)(CC)CC(=O)O. The van der Waals surface area contributed by atoms with Crippen molar-refractivity contribution in [3.8, 4) is 0 Å². The lowest BCUT2D eigenvalue weighted by Gasteiger charge is -2.35. The zero-order valence-corrected chi connectivity index (χ0v) is 8.84. The molecular weight excluding hydrogens is 166 g/mol. The van der Waals surface area contributed by atoms with Gasteiger partial charge in [-0.15, -0.1) is 0 Å². The Morgan fingerprint density at radius 1 is 1.38 bits per heavy atom. The van der Waals surface area contributed by atoms with Crippen LogP contribution in [0.3, 0.4) is 0 Å². The second kappa shape index (κ2) is 5.22. The topological polar surface area (TPSA) is 63.3 Å². The maximum Gasteiger partial charge on any atom is 0.303 e. The summed E-state index contributed by atoms with van der Waals surface area (Å²) in [4.78, 5) is 10.7. The molecule has 0 heterocycles. The second-order valence-electron chi connectivity index (χ2n) is 3.65. The molecule has 0 spiro atoms. The Kier molecular flexibility index (Phi) is 4.99. The summed E-state index contributed by atoms with van der Waals surface area (Å²) in [6, 6.07) is -0.00130. The van der Waals surface area contributed by atoms with Crippen LogP contribution in [0.2, 0.25) is 0 Å². The summed E-state index contributed by atoms with van der Waals surface area (Å²) >= 11 is 0. The maximum atomic E-state index is 10.7. The van der Waals surface area contributed by atoms with Gasteiger partial charge in [0.05, 0.1) is 6.42 Å². The van der Waals surface area contributed by atoms with E-state index in [2.05, 4.69) is 0 Å². The average Bonchev–Trinajstić information content (AvgIpc) is 2.12. The first-order chi connectivity index (χ1) is 6.02. The van der Waals surface area contributed by atoms with Crippen LogP contribution in [0.1, 0.15) is 46.5 Å². The number of rotatable bonds is 6. The molecule has 0 fully saturated rings. The summed E-state index contributed by atoms with van der Waals surface area (Å²) in [5.41, 5.74) is 5.75. The van der Waals surface area contributed by atoms with Crippen LogP contribution in [0, 0.1) is 5.41 Å². The molecule has 0 amide bonds. The van der Waals surface area contributed by atoms with Gasteiger partial charge in [-0.2, -0.15) is 0 Å². The summed E-state index contributed by atoms with van der Waals surface area (Å²) in [6.07, 6.45) is 2.71. The third kappa shape index (κ3) is 2.99. The van der Waals surface area contributed by atoms with Crippen LogP contribution in [0.15, 0.2) is 0 Å². The number of carboxylic acids is 1. The first-order valence-electron chi connectivity index (χ1n) is 4.99. The molecule has 0 bridgehead atoms. The van der Waals surface area contributed by atoms with Gasteiger partial charge in [-0.1, -0.05) is 20.8 Å². The Morgan fingerprint density at radius 2 is 1.85 bits per heavy atom. The molecule has 0 saturated carbocycles. The summed E-state index contributed by atoms with van der Waals surface area (Å²) in [7, 11) is 0. The maximum absolute atomic E-state index is 10.7. The van der Waals surface area contributed by atoms with E-state index in [4.69, 9.17) is 10.8 Å². The van der Waals surface area contributed by atoms with Gasteiger partial charge in [-0.25, -0.2) is 0 Å². The molecule has 0 aliphatic heterocycles. The van der Waals surface area contributed by atoms with Crippen molar-refractivity contribution in [2.75, 3.05) is 0 Å². The largest absolute Gasteiger partial charge is 0.481 e. The highest BCUT2D eigenvalue weighted by atomic mass is 16.4. The lowest BCUT2D eigenvalue weighted by molar-refractivity contribution is -0.140. The van der Waals surface area contributed by atoms with Gasteiger partial charge < -0.3 is 10.8 Å². The highest BCUT2D eigenvalue weighted by Crippen LogP contribution is 2.34. The molecule has 0 aliphatic rings. The standard InChI is InChI=1S/C10H21NO2/c1-4-8(11)10(5-2,6-3)7-9(12)13/h8H,4-7,11H2,1-3H3,(H,12,13). The van der Waals surface area contributed by atoms with Crippen molar-refractivity contribution in [3.05, 3.63) is 0 Å². The van der Waals surface area contributed by atoms with Crippen molar-refractivity contribution >= 4 is 5.97 Å². The number of hydrogen-bond acceptors (Lipinski definition) is 2. The Morgan fingerprint density at radius 3 is 2.08 bits per heavy atom.